The second kappa shape index (κ2) is 11.6. The molecule has 1 amide bonds. The van der Waals surface area contributed by atoms with Crippen LogP contribution in [-0.2, 0) is 29.4 Å². The lowest BCUT2D eigenvalue weighted by atomic mass is 10.0. The van der Waals surface area contributed by atoms with Crippen LogP contribution in [0.1, 0.15) is 6.92 Å². The van der Waals surface area contributed by atoms with E-state index in [0.29, 0.717) is 5.56 Å². The quantitative estimate of drug-likeness (QED) is 0.234. The van der Waals surface area contributed by atoms with Crippen molar-refractivity contribution in [3.8, 4) is 22.5 Å². The van der Waals surface area contributed by atoms with Gasteiger partial charge in [-0.25, -0.2) is 27.0 Å². The van der Waals surface area contributed by atoms with Crippen molar-refractivity contribution in [2.75, 3.05) is 17.6 Å². The Kier molecular flexibility index (Phi) is 9.21. The fourth-order valence-corrected chi connectivity index (χ4v) is 5.75. The molecule has 2 heterocycles. The number of H-pyrrole nitrogens is 1. The fourth-order valence-electron chi connectivity index (χ4n) is 2.93. The Hall–Kier alpha value is -4.01. The van der Waals surface area contributed by atoms with E-state index in [1.54, 1.807) is 6.07 Å². The van der Waals surface area contributed by atoms with Gasteiger partial charge in [0.15, 0.2) is 9.84 Å². The molecule has 0 aliphatic rings. The number of carboxylic acid groups (broad SMARTS) is 1. The third kappa shape index (κ3) is 7.50. The summed E-state index contributed by atoms with van der Waals surface area (Å²) in [5.74, 6) is -3.60. The SMILES string of the molecule is CC(=O)Nc1ccc(-c2ccc(S(=O)(=O)CC[NH3+])c(S(N)(=O)=O)c2-c2nn[nH]n2)cn1.O=C([O-])C(F)(F)F. The van der Waals surface area contributed by atoms with Gasteiger partial charge in [0.05, 0.1) is 17.0 Å². The number of aromatic amines is 1. The number of anilines is 1. The third-order valence-electron chi connectivity index (χ3n) is 4.33. The number of carbonyl (C=O) groups excluding carboxylic acids is 2. The number of sulfone groups is 1. The number of primary sulfonamides is 1. The molecule has 3 aromatic rings. The second-order valence-corrected chi connectivity index (χ2v) is 10.7. The molecule has 0 atom stereocenters. The molecule has 15 nitrogen and oxygen atoms in total. The first-order valence-electron chi connectivity index (χ1n) is 9.96. The van der Waals surface area contributed by atoms with Crippen molar-refractivity contribution in [2.24, 2.45) is 5.14 Å². The number of nitrogens with two attached hydrogens (primary N) is 1. The van der Waals surface area contributed by atoms with Gasteiger partial charge in [-0.1, -0.05) is 6.07 Å². The van der Waals surface area contributed by atoms with Gasteiger partial charge in [0.2, 0.25) is 21.8 Å². The molecule has 0 saturated heterocycles. The lowest BCUT2D eigenvalue weighted by Gasteiger charge is -2.16. The molecule has 0 aliphatic heterocycles. The van der Waals surface area contributed by atoms with Gasteiger partial charge >= 0.3 is 6.18 Å². The Bertz CT molecular complexity index is 1530. The van der Waals surface area contributed by atoms with Crippen LogP contribution in [-0.4, -0.2) is 72.8 Å². The van der Waals surface area contributed by atoms with E-state index in [-0.39, 0.29) is 41.0 Å². The Morgan fingerprint density at radius 3 is 2.21 bits per heavy atom. The minimum Gasteiger partial charge on any atom is -0.542 e. The van der Waals surface area contributed by atoms with E-state index in [1.807, 2.05) is 0 Å². The largest absolute Gasteiger partial charge is 0.542 e. The predicted molar refractivity (Wildman–Crippen MR) is 119 cm³/mol. The highest BCUT2D eigenvalue weighted by Gasteiger charge is 2.32. The zero-order valence-corrected chi connectivity index (χ0v) is 20.8. The topological polar surface area (TPSA) is 259 Å². The highest BCUT2D eigenvalue weighted by Crippen LogP contribution is 2.38. The number of nitrogens with one attached hydrogen (secondary N) is 2. The maximum atomic E-state index is 12.7. The molecule has 0 unspecified atom stereocenters. The molecular formula is C18H19F3N8O7S2. The van der Waals surface area contributed by atoms with E-state index in [1.165, 1.54) is 25.3 Å². The second-order valence-electron chi connectivity index (χ2n) is 7.17. The predicted octanol–water partition coefficient (Wildman–Crippen LogP) is -2.15. The molecule has 0 fully saturated rings. The van der Waals surface area contributed by atoms with Crippen LogP contribution in [0.3, 0.4) is 0 Å². The molecule has 206 valence electrons. The number of carboxylic acids is 1. The van der Waals surface area contributed by atoms with E-state index in [0.717, 1.165) is 6.07 Å². The van der Waals surface area contributed by atoms with Gasteiger partial charge in [0.25, 0.3) is 0 Å². The molecular weight excluding hydrogens is 561 g/mol. The standard InChI is InChI=1S/C16H18N8O5S2.C2HF3O2/c1-9(25)20-13-5-2-10(8-19-13)11-3-4-12(30(26,27)7-6-17)15(31(18,28)29)14(11)16-21-23-24-22-16;3-2(4,5)1(6)7/h2-5,8H,6-7,17H2,1H3,(H2,18,28,29)(H,19,20,25)(H,21,22,23,24);(H,6,7). The number of hydrogen-bond donors (Lipinski definition) is 4. The normalized spacial score (nSPS) is 11.8. The van der Waals surface area contributed by atoms with Gasteiger partial charge in [-0.3, -0.25) is 4.79 Å². The van der Waals surface area contributed by atoms with Crippen LogP contribution in [0.5, 0.6) is 0 Å². The van der Waals surface area contributed by atoms with Crippen LogP contribution in [0.25, 0.3) is 22.5 Å². The maximum Gasteiger partial charge on any atom is 0.430 e. The molecule has 3 rings (SSSR count). The summed E-state index contributed by atoms with van der Waals surface area (Å²) >= 11 is 0. The number of rotatable bonds is 7. The van der Waals surface area contributed by atoms with E-state index in [2.05, 4.69) is 36.7 Å². The van der Waals surface area contributed by atoms with E-state index in [9.17, 15) is 34.8 Å². The highest BCUT2D eigenvalue weighted by atomic mass is 32.2. The van der Waals surface area contributed by atoms with Crippen LogP contribution < -0.4 is 21.3 Å². The van der Waals surface area contributed by atoms with Gasteiger partial charge in [-0.05, 0) is 29.0 Å². The zero-order valence-electron chi connectivity index (χ0n) is 19.2. The van der Waals surface area contributed by atoms with Crippen LogP contribution in [0, 0.1) is 0 Å². The summed E-state index contributed by atoms with van der Waals surface area (Å²) in [5, 5.41) is 30.0. The van der Waals surface area contributed by atoms with Gasteiger partial charge in [-0.15, -0.1) is 10.2 Å². The number of aromatic nitrogens is 5. The lowest BCUT2D eigenvalue weighted by molar-refractivity contribution is -0.360. The number of tetrazole rings is 1. The number of sulfonamides is 1. The Labute approximate surface area is 212 Å². The summed E-state index contributed by atoms with van der Waals surface area (Å²) in [6.07, 6.45) is -3.82. The number of halogens is 3. The number of carbonyl (C=O) groups is 2. The zero-order chi connectivity index (χ0) is 28.9. The summed E-state index contributed by atoms with van der Waals surface area (Å²) in [6, 6.07) is 5.63. The minimum atomic E-state index is -5.19. The molecule has 0 spiro atoms. The molecule has 20 heteroatoms. The Balaban J connectivity index is 0.000000638. The van der Waals surface area contributed by atoms with Gasteiger partial charge in [0.1, 0.15) is 22.4 Å². The molecule has 2 aromatic heterocycles. The number of hydrogen-bond acceptors (Lipinski definition) is 11. The Morgan fingerprint density at radius 1 is 1.16 bits per heavy atom. The van der Waals surface area contributed by atoms with E-state index >= 15 is 0 Å². The van der Waals surface area contributed by atoms with Gasteiger partial charge < -0.3 is 21.0 Å². The molecule has 38 heavy (non-hydrogen) atoms. The van der Waals surface area contributed by atoms with Crippen LogP contribution in [0.15, 0.2) is 40.3 Å². The number of nitrogens with zero attached hydrogens (tertiary/aromatic N) is 4. The highest BCUT2D eigenvalue weighted by molar-refractivity contribution is 7.93. The number of amides is 1. The molecule has 1 aromatic carbocycles. The molecule has 7 N–H and O–H groups in total. The molecule has 0 aliphatic carbocycles. The number of aliphatic carboxylic acids is 1. The van der Waals surface area contributed by atoms with E-state index in [4.69, 9.17) is 15.0 Å². The summed E-state index contributed by atoms with van der Waals surface area (Å²) in [4.78, 5) is 23.0. The van der Waals surface area contributed by atoms with Crippen molar-refractivity contribution in [3.63, 3.8) is 0 Å². The van der Waals surface area contributed by atoms with E-state index < -0.39 is 41.8 Å². The first kappa shape index (κ1) is 30.2. The summed E-state index contributed by atoms with van der Waals surface area (Å²) in [6.45, 7) is 1.35. The number of quaternary nitrogens is 1. The molecule has 0 bridgehead atoms. The molecule has 0 saturated carbocycles. The summed E-state index contributed by atoms with van der Waals surface area (Å²) < 4.78 is 82.1. The number of benzene rings is 1. The summed E-state index contributed by atoms with van der Waals surface area (Å²) in [7, 11) is -8.57. The Morgan fingerprint density at radius 2 is 1.79 bits per heavy atom. The maximum absolute atomic E-state index is 12.7. The van der Waals surface area contributed by atoms with Crippen LogP contribution >= 0.6 is 0 Å². The first-order chi connectivity index (χ1) is 17.5. The molecule has 0 radical (unpaired) electrons. The third-order valence-corrected chi connectivity index (χ3v) is 7.29. The van der Waals surface area contributed by atoms with Crippen LogP contribution in [0.2, 0.25) is 0 Å². The smallest absolute Gasteiger partial charge is 0.430 e. The van der Waals surface area contributed by atoms with Crippen molar-refractivity contribution in [2.45, 2.75) is 22.9 Å². The van der Waals surface area contributed by atoms with Gasteiger partial charge in [-0.2, -0.15) is 18.4 Å². The van der Waals surface area contributed by atoms with Crippen LogP contribution in [0.4, 0.5) is 19.0 Å². The van der Waals surface area contributed by atoms with Crippen molar-refractivity contribution in [1.29, 1.82) is 0 Å². The monoisotopic (exact) mass is 580 g/mol. The fraction of sp³-hybridized carbons (Fsp3) is 0.222. The van der Waals surface area contributed by atoms with Crippen molar-refractivity contribution >= 4 is 37.6 Å². The van der Waals surface area contributed by atoms with Crippen molar-refractivity contribution in [3.05, 3.63) is 30.5 Å². The minimum absolute atomic E-state index is 0.0280. The average molecular weight is 581 g/mol. The first-order valence-corrected chi connectivity index (χ1v) is 13.2. The number of pyridine rings is 1. The number of alkyl halides is 3. The van der Waals surface area contributed by atoms with Crippen molar-refractivity contribution in [1.82, 2.24) is 25.6 Å². The summed E-state index contributed by atoms with van der Waals surface area (Å²) in [5.41, 5.74) is 4.03. The van der Waals surface area contributed by atoms with Crippen molar-refractivity contribution < 1.29 is 50.4 Å². The van der Waals surface area contributed by atoms with Gasteiger partial charge in [0, 0.05) is 18.7 Å². The average Bonchev–Trinajstić information content (AvgIpc) is 3.32. The lowest BCUT2D eigenvalue weighted by Crippen LogP contribution is -2.53.